The summed E-state index contributed by atoms with van der Waals surface area (Å²) in [7, 11) is 2.06. The summed E-state index contributed by atoms with van der Waals surface area (Å²) in [5, 5.41) is 4.68. The molecule has 92 valence electrons. The Morgan fingerprint density at radius 3 is 1.81 bits per heavy atom. The number of aryl methyl sites for hydroxylation is 2. The summed E-state index contributed by atoms with van der Waals surface area (Å²) in [5.74, 6) is 0. The summed E-state index contributed by atoms with van der Waals surface area (Å²) < 4.78 is 2.07. The Morgan fingerprint density at radius 2 is 1.50 bits per heavy atom. The molecule has 0 aliphatic rings. The summed E-state index contributed by atoms with van der Waals surface area (Å²) in [6.45, 7) is 15.8. The van der Waals surface area contributed by atoms with Crippen molar-refractivity contribution in [2.75, 3.05) is 0 Å². The second-order valence-corrected chi connectivity index (χ2v) is 6.65. The normalized spacial score (nSPS) is 13.2. The number of hydrogen-bond donors (Lipinski definition) is 0. The standard InChI is InChI=1S/C14H26N2/c1-9-10-11(13(2,3)4)12(14(5,6)7)16(8)15-10/h9H2,1-8H3. The topological polar surface area (TPSA) is 17.8 Å². The highest BCUT2D eigenvalue weighted by atomic mass is 15.3. The van der Waals surface area contributed by atoms with Crippen LogP contribution in [-0.4, -0.2) is 9.78 Å². The molecule has 0 saturated carbocycles. The summed E-state index contributed by atoms with van der Waals surface area (Å²) in [4.78, 5) is 0. The van der Waals surface area contributed by atoms with Crippen LogP contribution in [0.1, 0.15) is 65.4 Å². The Kier molecular flexibility index (Phi) is 3.24. The van der Waals surface area contributed by atoms with Gasteiger partial charge in [-0.1, -0.05) is 48.5 Å². The fourth-order valence-electron chi connectivity index (χ4n) is 2.48. The summed E-state index contributed by atoms with van der Waals surface area (Å²) in [6.07, 6.45) is 1.01. The van der Waals surface area contributed by atoms with Crippen molar-refractivity contribution in [3.05, 3.63) is 17.0 Å². The van der Waals surface area contributed by atoms with Crippen molar-refractivity contribution >= 4 is 0 Å². The SMILES string of the molecule is CCc1nn(C)c(C(C)(C)C)c1C(C)(C)C. The zero-order valence-electron chi connectivity index (χ0n) is 12.1. The second kappa shape index (κ2) is 3.90. The molecule has 1 aromatic rings. The molecule has 1 aromatic heterocycles. The molecule has 0 radical (unpaired) electrons. The van der Waals surface area contributed by atoms with Crippen LogP contribution in [0, 0.1) is 0 Å². The average molecular weight is 222 g/mol. The van der Waals surface area contributed by atoms with Crippen LogP contribution in [0.15, 0.2) is 0 Å². The summed E-state index contributed by atoms with van der Waals surface area (Å²) in [6, 6.07) is 0. The van der Waals surface area contributed by atoms with Gasteiger partial charge in [0.05, 0.1) is 5.69 Å². The van der Waals surface area contributed by atoms with Gasteiger partial charge in [0.2, 0.25) is 0 Å². The Balaban J connectivity index is 3.54. The van der Waals surface area contributed by atoms with Crippen molar-refractivity contribution in [2.24, 2.45) is 7.05 Å². The molecular weight excluding hydrogens is 196 g/mol. The number of aromatic nitrogens is 2. The van der Waals surface area contributed by atoms with Crippen molar-refractivity contribution in [3.63, 3.8) is 0 Å². The van der Waals surface area contributed by atoms with E-state index in [2.05, 4.69) is 65.3 Å². The molecular formula is C14H26N2. The minimum absolute atomic E-state index is 0.151. The molecule has 0 aliphatic carbocycles. The Bertz CT molecular complexity index is 373. The van der Waals surface area contributed by atoms with Gasteiger partial charge in [-0.3, -0.25) is 4.68 Å². The molecule has 0 fully saturated rings. The fourth-order valence-corrected chi connectivity index (χ4v) is 2.48. The third kappa shape index (κ3) is 2.31. The molecule has 0 bridgehead atoms. The van der Waals surface area contributed by atoms with Crippen molar-refractivity contribution in [2.45, 2.75) is 65.7 Å². The van der Waals surface area contributed by atoms with E-state index in [0.29, 0.717) is 0 Å². The molecule has 2 nitrogen and oxygen atoms in total. The van der Waals surface area contributed by atoms with E-state index in [4.69, 9.17) is 0 Å². The molecule has 0 saturated heterocycles. The lowest BCUT2D eigenvalue weighted by molar-refractivity contribution is 0.492. The summed E-state index contributed by atoms with van der Waals surface area (Å²) >= 11 is 0. The van der Waals surface area contributed by atoms with Gasteiger partial charge in [0, 0.05) is 23.7 Å². The monoisotopic (exact) mass is 222 g/mol. The van der Waals surface area contributed by atoms with Crippen LogP contribution in [0.25, 0.3) is 0 Å². The lowest BCUT2D eigenvalue weighted by Gasteiger charge is -2.27. The van der Waals surface area contributed by atoms with Gasteiger partial charge in [-0.05, 0) is 11.8 Å². The average Bonchev–Trinajstić information content (AvgIpc) is 2.40. The molecule has 0 unspecified atom stereocenters. The number of nitrogens with zero attached hydrogens (tertiary/aromatic N) is 2. The van der Waals surface area contributed by atoms with Crippen LogP contribution in [0.4, 0.5) is 0 Å². The maximum Gasteiger partial charge on any atom is 0.0662 e. The Hall–Kier alpha value is -0.790. The Labute approximate surface area is 100 Å². The first-order valence-electron chi connectivity index (χ1n) is 6.16. The predicted octanol–water partition coefficient (Wildman–Crippen LogP) is 3.58. The van der Waals surface area contributed by atoms with Gasteiger partial charge in [-0.25, -0.2) is 0 Å². The zero-order chi connectivity index (χ0) is 12.7. The van der Waals surface area contributed by atoms with Crippen molar-refractivity contribution in [3.8, 4) is 0 Å². The molecule has 1 heterocycles. The lowest BCUT2D eigenvalue weighted by atomic mass is 9.78. The maximum atomic E-state index is 4.68. The van der Waals surface area contributed by atoms with E-state index in [9.17, 15) is 0 Å². The van der Waals surface area contributed by atoms with Gasteiger partial charge >= 0.3 is 0 Å². The maximum absolute atomic E-state index is 4.68. The van der Waals surface area contributed by atoms with E-state index < -0.39 is 0 Å². The van der Waals surface area contributed by atoms with Crippen molar-refractivity contribution < 1.29 is 0 Å². The van der Waals surface area contributed by atoms with E-state index in [1.165, 1.54) is 17.0 Å². The van der Waals surface area contributed by atoms with E-state index >= 15 is 0 Å². The van der Waals surface area contributed by atoms with Crippen LogP contribution in [0.5, 0.6) is 0 Å². The van der Waals surface area contributed by atoms with Gasteiger partial charge in [-0.2, -0.15) is 5.10 Å². The van der Waals surface area contributed by atoms with Crippen LogP contribution in [0.3, 0.4) is 0 Å². The van der Waals surface area contributed by atoms with Gasteiger partial charge in [0.25, 0.3) is 0 Å². The third-order valence-electron chi connectivity index (χ3n) is 2.92. The molecule has 0 aliphatic heterocycles. The van der Waals surface area contributed by atoms with Gasteiger partial charge in [-0.15, -0.1) is 0 Å². The first kappa shape index (κ1) is 13.3. The highest BCUT2D eigenvalue weighted by Crippen LogP contribution is 2.35. The molecule has 0 N–H and O–H groups in total. The van der Waals surface area contributed by atoms with Crippen molar-refractivity contribution in [1.29, 1.82) is 0 Å². The van der Waals surface area contributed by atoms with Crippen LogP contribution < -0.4 is 0 Å². The third-order valence-corrected chi connectivity index (χ3v) is 2.92. The Morgan fingerprint density at radius 1 is 1.00 bits per heavy atom. The predicted molar refractivity (Wildman–Crippen MR) is 70.0 cm³/mol. The summed E-state index contributed by atoms with van der Waals surface area (Å²) in [5.41, 5.74) is 4.38. The highest BCUT2D eigenvalue weighted by molar-refractivity contribution is 5.37. The molecule has 2 heteroatoms. The molecule has 1 rings (SSSR count). The fraction of sp³-hybridized carbons (Fsp3) is 0.786. The number of rotatable bonds is 1. The molecule has 0 aromatic carbocycles. The van der Waals surface area contributed by atoms with Crippen LogP contribution >= 0.6 is 0 Å². The van der Waals surface area contributed by atoms with E-state index in [1.54, 1.807) is 0 Å². The highest BCUT2D eigenvalue weighted by Gasteiger charge is 2.31. The second-order valence-electron chi connectivity index (χ2n) is 6.65. The molecule has 16 heavy (non-hydrogen) atoms. The minimum atomic E-state index is 0.151. The van der Waals surface area contributed by atoms with E-state index in [0.717, 1.165) is 6.42 Å². The largest absolute Gasteiger partial charge is 0.272 e. The number of hydrogen-bond acceptors (Lipinski definition) is 1. The zero-order valence-corrected chi connectivity index (χ0v) is 12.1. The van der Waals surface area contributed by atoms with Gasteiger partial charge in [0.1, 0.15) is 0 Å². The van der Waals surface area contributed by atoms with Crippen LogP contribution in [-0.2, 0) is 24.3 Å². The minimum Gasteiger partial charge on any atom is -0.272 e. The van der Waals surface area contributed by atoms with Gasteiger partial charge < -0.3 is 0 Å². The van der Waals surface area contributed by atoms with E-state index in [-0.39, 0.29) is 10.8 Å². The first-order chi connectivity index (χ1) is 7.09. The first-order valence-corrected chi connectivity index (χ1v) is 6.16. The van der Waals surface area contributed by atoms with Gasteiger partial charge in [0.15, 0.2) is 0 Å². The van der Waals surface area contributed by atoms with E-state index in [1.807, 2.05) is 0 Å². The quantitative estimate of drug-likeness (QED) is 0.710. The van der Waals surface area contributed by atoms with Crippen molar-refractivity contribution in [1.82, 2.24) is 9.78 Å². The van der Waals surface area contributed by atoms with Crippen LogP contribution in [0.2, 0.25) is 0 Å². The molecule has 0 atom stereocenters. The smallest absolute Gasteiger partial charge is 0.0662 e. The lowest BCUT2D eigenvalue weighted by Crippen LogP contribution is -2.24. The molecule has 0 amide bonds. The molecule has 0 spiro atoms.